The number of rotatable bonds is 8. The number of ether oxygens (including phenoxy) is 3. The fraction of sp³-hybridized carbons (Fsp3) is 0.273. The van der Waals surface area contributed by atoms with Crippen LogP contribution < -0.4 is 14.2 Å². The van der Waals surface area contributed by atoms with Crippen LogP contribution in [0.2, 0.25) is 10.0 Å². The quantitative estimate of drug-likeness (QED) is 0.392. The monoisotopic (exact) mass is 448 g/mol. The third-order valence-corrected chi connectivity index (χ3v) is 5.06. The summed E-state index contributed by atoms with van der Waals surface area (Å²) in [4.78, 5) is 11.6. The molecule has 0 aliphatic heterocycles. The van der Waals surface area contributed by atoms with E-state index in [-0.39, 0.29) is 5.92 Å². The summed E-state index contributed by atoms with van der Waals surface area (Å²) in [6.45, 7) is 4.21. The maximum atomic E-state index is 11.6. The number of hydrogen-bond acceptors (Lipinski definition) is 5. The van der Waals surface area contributed by atoms with Crippen LogP contribution >= 0.6 is 23.2 Å². The highest BCUT2D eigenvalue weighted by Gasteiger charge is 2.21. The lowest BCUT2D eigenvalue weighted by atomic mass is 10.1. The van der Waals surface area contributed by atoms with Crippen LogP contribution in [-0.2, 0) is 13.7 Å². The first kappa shape index (κ1) is 22.0. The second-order valence-electron chi connectivity index (χ2n) is 6.95. The maximum Gasteiger partial charge on any atom is 0.228 e. The number of carbonyl (C=O) groups excluding carboxylic acids is 1. The molecule has 0 saturated carbocycles. The Kier molecular flexibility index (Phi) is 6.90. The van der Waals surface area contributed by atoms with Crippen molar-refractivity contribution in [2.45, 2.75) is 26.4 Å². The fourth-order valence-corrected chi connectivity index (χ4v) is 3.37. The van der Waals surface area contributed by atoms with Crippen LogP contribution in [0.4, 0.5) is 0 Å². The molecular formula is C22H22Cl2N2O4. The van der Waals surface area contributed by atoms with E-state index in [4.69, 9.17) is 37.4 Å². The first-order chi connectivity index (χ1) is 14.3. The molecule has 0 unspecified atom stereocenters. The summed E-state index contributed by atoms with van der Waals surface area (Å²) in [5, 5.41) is 5.03. The van der Waals surface area contributed by atoms with Crippen molar-refractivity contribution < 1.29 is 19.0 Å². The van der Waals surface area contributed by atoms with Crippen LogP contribution in [0.15, 0.2) is 36.4 Å². The number of carbonyl (C=O) groups is 1. The van der Waals surface area contributed by atoms with Crippen LogP contribution in [0.1, 0.15) is 41.4 Å². The minimum Gasteiger partial charge on any atom is -0.497 e. The molecule has 0 N–H and O–H groups in total. The number of aldehydes is 1. The molecule has 30 heavy (non-hydrogen) atoms. The summed E-state index contributed by atoms with van der Waals surface area (Å²) in [6, 6.07) is 10.7. The third kappa shape index (κ3) is 4.71. The first-order valence-electron chi connectivity index (χ1n) is 9.28. The highest BCUT2D eigenvalue weighted by molar-refractivity contribution is 6.36. The Morgan fingerprint density at radius 3 is 2.37 bits per heavy atom. The van der Waals surface area contributed by atoms with Gasteiger partial charge in [0.05, 0.1) is 22.8 Å². The average Bonchev–Trinajstić information content (AvgIpc) is 3.05. The molecule has 0 amide bonds. The average molecular weight is 449 g/mol. The van der Waals surface area contributed by atoms with E-state index >= 15 is 0 Å². The van der Waals surface area contributed by atoms with Crippen molar-refractivity contribution in [3.8, 4) is 23.1 Å². The van der Waals surface area contributed by atoms with Crippen LogP contribution in [0.25, 0.3) is 0 Å². The van der Waals surface area contributed by atoms with Crippen LogP contribution in [0.3, 0.4) is 0 Å². The van der Waals surface area contributed by atoms with Gasteiger partial charge in [-0.25, -0.2) is 4.68 Å². The number of aromatic nitrogens is 2. The summed E-state index contributed by atoms with van der Waals surface area (Å²) in [6.07, 6.45) is 0.739. The van der Waals surface area contributed by atoms with Gasteiger partial charge >= 0.3 is 0 Å². The van der Waals surface area contributed by atoms with Gasteiger partial charge in [-0.3, -0.25) is 4.79 Å². The number of aryl methyl sites for hydroxylation is 1. The van der Waals surface area contributed by atoms with Crippen LogP contribution in [0, 0.1) is 0 Å². The lowest BCUT2D eigenvalue weighted by Gasteiger charge is -2.13. The Morgan fingerprint density at radius 2 is 1.77 bits per heavy atom. The van der Waals surface area contributed by atoms with Gasteiger partial charge in [-0.15, -0.1) is 0 Å². The molecule has 158 valence electrons. The lowest BCUT2D eigenvalue weighted by Crippen LogP contribution is -1.99. The molecular weight excluding hydrogens is 427 g/mol. The molecule has 0 saturated heterocycles. The molecule has 1 heterocycles. The van der Waals surface area contributed by atoms with Crippen molar-refractivity contribution in [1.29, 1.82) is 0 Å². The van der Waals surface area contributed by atoms with Crippen molar-refractivity contribution in [3.05, 3.63) is 63.3 Å². The second kappa shape index (κ2) is 9.41. The lowest BCUT2D eigenvalue weighted by molar-refractivity contribution is 0.112. The van der Waals surface area contributed by atoms with Crippen LogP contribution in [0.5, 0.6) is 23.1 Å². The van der Waals surface area contributed by atoms with E-state index in [1.807, 2.05) is 38.1 Å². The largest absolute Gasteiger partial charge is 0.497 e. The van der Waals surface area contributed by atoms with Gasteiger partial charge in [-0.2, -0.15) is 5.10 Å². The summed E-state index contributed by atoms with van der Waals surface area (Å²) < 4.78 is 18.5. The molecule has 1 aromatic heterocycles. The minimum absolute atomic E-state index is 0.0674. The van der Waals surface area contributed by atoms with Crippen molar-refractivity contribution >= 4 is 29.5 Å². The van der Waals surface area contributed by atoms with Gasteiger partial charge < -0.3 is 14.2 Å². The van der Waals surface area contributed by atoms with E-state index in [0.29, 0.717) is 45.3 Å². The summed E-state index contributed by atoms with van der Waals surface area (Å²) >= 11 is 12.6. The van der Waals surface area contributed by atoms with E-state index in [0.717, 1.165) is 17.6 Å². The maximum absolute atomic E-state index is 11.6. The Hall–Kier alpha value is -2.70. The molecule has 0 bridgehead atoms. The molecule has 0 radical (unpaired) electrons. The van der Waals surface area contributed by atoms with Gasteiger partial charge in [-0.05, 0) is 29.7 Å². The van der Waals surface area contributed by atoms with Crippen LogP contribution in [-0.4, -0.2) is 23.2 Å². The summed E-state index contributed by atoms with van der Waals surface area (Å²) in [7, 11) is 3.32. The van der Waals surface area contributed by atoms with Gasteiger partial charge in [-0.1, -0.05) is 49.2 Å². The molecule has 2 aromatic carbocycles. The molecule has 6 nitrogen and oxygen atoms in total. The first-order valence-corrected chi connectivity index (χ1v) is 10.0. The van der Waals surface area contributed by atoms with Gasteiger partial charge in [0, 0.05) is 13.1 Å². The molecule has 3 aromatic rings. The molecule has 3 rings (SSSR count). The van der Waals surface area contributed by atoms with Crippen molar-refractivity contribution in [3.63, 3.8) is 0 Å². The smallest absolute Gasteiger partial charge is 0.228 e. The topological polar surface area (TPSA) is 62.6 Å². The number of halogens is 2. The standard InChI is InChI=1S/C22H22Cl2N2O4/c1-13(2)21-16(11-27)22(26(3)25-21)30-20-10-19(17(23)9-18(20)24)29-12-14-5-7-15(28-4)8-6-14/h5-11,13H,12H2,1-4H3. The molecule has 8 heteroatoms. The van der Waals surface area contributed by atoms with Gasteiger partial charge in [0.15, 0.2) is 12.0 Å². The normalized spacial score (nSPS) is 10.9. The SMILES string of the molecule is COc1ccc(COc2cc(Oc3c(C=O)c(C(C)C)nn3C)c(Cl)cc2Cl)cc1. The summed E-state index contributed by atoms with van der Waals surface area (Å²) in [5.41, 5.74) is 1.99. The number of methoxy groups -OCH3 is 1. The van der Waals surface area contributed by atoms with Crippen molar-refractivity contribution in [2.24, 2.45) is 7.05 Å². The number of nitrogens with zero attached hydrogens (tertiary/aromatic N) is 2. The Bertz CT molecular complexity index is 1050. The molecule has 0 aliphatic carbocycles. The third-order valence-electron chi connectivity index (χ3n) is 4.47. The second-order valence-corrected chi connectivity index (χ2v) is 7.77. The molecule has 0 spiro atoms. The molecule has 0 atom stereocenters. The van der Waals surface area contributed by atoms with E-state index in [9.17, 15) is 4.79 Å². The van der Waals surface area contributed by atoms with Crippen molar-refractivity contribution in [1.82, 2.24) is 9.78 Å². The van der Waals surface area contributed by atoms with E-state index in [1.54, 1.807) is 26.3 Å². The van der Waals surface area contributed by atoms with Gasteiger partial charge in [0.1, 0.15) is 23.7 Å². The van der Waals surface area contributed by atoms with E-state index in [2.05, 4.69) is 5.10 Å². The zero-order valence-corrected chi connectivity index (χ0v) is 18.6. The summed E-state index contributed by atoms with van der Waals surface area (Å²) in [5.74, 6) is 1.86. The Morgan fingerprint density at radius 1 is 1.10 bits per heavy atom. The highest BCUT2D eigenvalue weighted by atomic mass is 35.5. The fourth-order valence-electron chi connectivity index (χ4n) is 2.89. The molecule has 0 fully saturated rings. The zero-order chi connectivity index (χ0) is 21.8. The predicted molar refractivity (Wildman–Crippen MR) is 117 cm³/mol. The Labute approximate surface area is 185 Å². The van der Waals surface area contributed by atoms with Gasteiger partial charge in [0.25, 0.3) is 0 Å². The zero-order valence-electron chi connectivity index (χ0n) is 17.1. The van der Waals surface area contributed by atoms with E-state index < -0.39 is 0 Å². The highest BCUT2D eigenvalue weighted by Crippen LogP contribution is 2.39. The minimum atomic E-state index is 0.0674. The Balaban J connectivity index is 1.85. The predicted octanol–water partition coefficient (Wildman–Crippen LogP) is 6.04. The van der Waals surface area contributed by atoms with E-state index in [1.165, 1.54) is 4.68 Å². The van der Waals surface area contributed by atoms with Crippen molar-refractivity contribution in [2.75, 3.05) is 7.11 Å². The number of benzene rings is 2. The molecule has 0 aliphatic rings. The number of hydrogen-bond donors (Lipinski definition) is 0. The van der Waals surface area contributed by atoms with Gasteiger partial charge in [0.2, 0.25) is 5.88 Å².